The minimum Gasteiger partial charge on any atom is -0.439 e. The maximum absolute atomic E-state index is 11.6. The lowest BCUT2D eigenvalue weighted by atomic mass is 9.82. The third-order valence-electron chi connectivity index (χ3n) is 6.35. The first-order valence-corrected chi connectivity index (χ1v) is 11.9. The summed E-state index contributed by atoms with van der Waals surface area (Å²) in [5, 5.41) is 17.6. The molecule has 0 radical (unpaired) electrons. The average Bonchev–Trinajstić information content (AvgIpc) is 3.27. The van der Waals surface area contributed by atoms with Crippen LogP contribution in [-0.4, -0.2) is 10.5 Å². The predicted molar refractivity (Wildman–Crippen MR) is 144 cm³/mol. The Morgan fingerprint density at radius 3 is 2.29 bits per heavy atom. The van der Waals surface area contributed by atoms with Gasteiger partial charge in [0.1, 0.15) is 5.76 Å². The van der Waals surface area contributed by atoms with Gasteiger partial charge in [0.2, 0.25) is 5.88 Å². The Morgan fingerprint density at radius 1 is 0.914 bits per heavy atom. The Morgan fingerprint density at radius 2 is 1.60 bits per heavy atom. The van der Waals surface area contributed by atoms with E-state index in [0.717, 1.165) is 34.4 Å². The second kappa shape index (κ2) is 8.12. The zero-order valence-electron chi connectivity index (χ0n) is 20.8. The summed E-state index contributed by atoms with van der Waals surface area (Å²) in [6.07, 6.45) is 4.70. The van der Waals surface area contributed by atoms with Crippen LogP contribution in [0.15, 0.2) is 65.1 Å². The Kier molecular flexibility index (Phi) is 5.32. The zero-order valence-corrected chi connectivity index (χ0v) is 20.8. The molecule has 0 saturated heterocycles. The molecule has 4 aromatic rings. The number of hydrogen-bond donors (Lipinski definition) is 1. The van der Waals surface area contributed by atoms with E-state index in [4.69, 9.17) is 4.42 Å². The average molecular weight is 467 g/mol. The van der Waals surface area contributed by atoms with Crippen molar-refractivity contribution < 1.29 is 9.34 Å². The van der Waals surface area contributed by atoms with Crippen molar-refractivity contribution in [2.75, 3.05) is 5.32 Å². The van der Waals surface area contributed by atoms with Gasteiger partial charge in [-0.1, -0.05) is 69.3 Å². The van der Waals surface area contributed by atoms with Gasteiger partial charge in [0.25, 0.3) is 5.69 Å². The predicted octanol–water partition coefficient (Wildman–Crippen LogP) is 8.79. The molecule has 178 valence electrons. The Hall–Kier alpha value is -3.86. The zero-order chi connectivity index (χ0) is 25.0. The van der Waals surface area contributed by atoms with Crippen LogP contribution in [0.4, 0.5) is 11.6 Å². The molecule has 1 heterocycles. The molecule has 5 nitrogen and oxygen atoms in total. The number of benzene rings is 3. The van der Waals surface area contributed by atoms with E-state index in [-0.39, 0.29) is 21.6 Å². The van der Waals surface area contributed by atoms with Crippen LogP contribution in [0.25, 0.3) is 45.4 Å². The number of nitro groups is 1. The van der Waals surface area contributed by atoms with Crippen LogP contribution in [0.2, 0.25) is 0 Å². The van der Waals surface area contributed by atoms with Crippen LogP contribution in [-0.2, 0) is 0 Å². The summed E-state index contributed by atoms with van der Waals surface area (Å²) in [4.78, 5) is 11.2. The molecular formula is C30H30N2O3. The number of furan rings is 1. The summed E-state index contributed by atoms with van der Waals surface area (Å²) in [5.74, 6) is 1.53. The van der Waals surface area contributed by atoms with Crippen LogP contribution in [0, 0.1) is 15.5 Å². The second-order valence-corrected chi connectivity index (χ2v) is 11.2. The lowest BCUT2D eigenvalue weighted by molar-refractivity contribution is -0.385. The highest BCUT2D eigenvalue weighted by atomic mass is 16.6. The van der Waals surface area contributed by atoms with Crippen LogP contribution in [0.1, 0.15) is 52.2 Å². The molecule has 5 heteroatoms. The van der Waals surface area contributed by atoms with Gasteiger partial charge in [0.15, 0.2) is 0 Å². The van der Waals surface area contributed by atoms with Gasteiger partial charge in [-0.05, 0) is 54.9 Å². The van der Waals surface area contributed by atoms with Crippen LogP contribution in [0.3, 0.4) is 0 Å². The van der Waals surface area contributed by atoms with E-state index in [0.29, 0.717) is 11.4 Å². The highest BCUT2D eigenvalue weighted by molar-refractivity contribution is 6.16. The monoisotopic (exact) mass is 466 g/mol. The van der Waals surface area contributed by atoms with Gasteiger partial charge in [-0.15, -0.1) is 0 Å². The van der Waals surface area contributed by atoms with Gasteiger partial charge < -0.3 is 9.73 Å². The first kappa shape index (κ1) is 22.9. The van der Waals surface area contributed by atoms with Crippen molar-refractivity contribution in [1.29, 1.82) is 0 Å². The molecule has 0 atom stereocenters. The van der Waals surface area contributed by atoms with E-state index in [1.807, 2.05) is 18.2 Å². The van der Waals surface area contributed by atoms with E-state index < -0.39 is 0 Å². The minimum atomic E-state index is -0.346. The van der Waals surface area contributed by atoms with Crippen molar-refractivity contribution in [2.45, 2.75) is 46.6 Å². The fourth-order valence-electron chi connectivity index (χ4n) is 5.54. The molecule has 0 aliphatic heterocycles. The molecule has 0 amide bonds. The minimum absolute atomic E-state index is 0.0804. The number of nitrogens with zero attached hydrogens (tertiary/aromatic N) is 1. The summed E-state index contributed by atoms with van der Waals surface area (Å²) >= 11 is 0. The number of nitrogens with one attached hydrogen (secondary N) is 1. The van der Waals surface area contributed by atoms with Gasteiger partial charge in [0, 0.05) is 33.7 Å². The summed E-state index contributed by atoms with van der Waals surface area (Å²) in [6.45, 7) is 11.0. The largest absolute Gasteiger partial charge is 0.439 e. The Balaban J connectivity index is 1.68. The lowest BCUT2D eigenvalue weighted by Crippen LogP contribution is -2.35. The molecule has 1 aromatic heterocycles. The first-order chi connectivity index (χ1) is 16.5. The molecule has 0 spiro atoms. The lowest BCUT2D eigenvalue weighted by Gasteiger charge is -2.33. The van der Waals surface area contributed by atoms with E-state index in [9.17, 15) is 10.1 Å². The Bertz CT molecular complexity index is 1480. The smallest absolute Gasteiger partial charge is 0.276 e. The summed E-state index contributed by atoms with van der Waals surface area (Å²) in [7, 11) is 0. The number of para-hydroxylation sites is 1. The number of anilines is 1. The topological polar surface area (TPSA) is 68.3 Å². The summed E-state index contributed by atoms with van der Waals surface area (Å²) in [6, 6.07) is 19.4. The number of fused-ring (bicyclic) bond motifs is 3. The maximum Gasteiger partial charge on any atom is 0.276 e. The molecule has 0 unspecified atom stereocenters. The fourth-order valence-corrected chi connectivity index (χ4v) is 5.54. The van der Waals surface area contributed by atoms with Gasteiger partial charge in [-0.2, -0.15) is 0 Å². The molecule has 1 aliphatic carbocycles. The maximum atomic E-state index is 11.6. The molecule has 3 aromatic carbocycles. The first-order valence-electron chi connectivity index (χ1n) is 11.9. The third-order valence-corrected chi connectivity index (χ3v) is 6.35. The molecule has 0 bridgehead atoms. The van der Waals surface area contributed by atoms with Gasteiger partial charge >= 0.3 is 0 Å². The highest BCUT2D eigenvalue weighted by Crippen LogP contribution is 2.53. The molecular weight excluding hydrogens is 436 g/mol. The number of hydrogen-bond acceptors (Lipinski definition) is 4. The van der Waals surface area contributed by atoms with Crippen molar-refractivity contribution >= 4 is 34.5 Å². The van der Waals surface area contributed by atoms with Crippen molar-refractivity contribution in [1.82, 2.24) is 0 Å². The van der Waals surface area contributed by atoms with Crippen LogP contribution < -0.4 is 5.32 Å². The van der Waals surface area contributed by atoms with Gasteiger partial charge in [-0.3, -0.25) is 10.1 Å². The normalized spacial score (nSPS) is 12.9. The third kappa shape index (κ3) is 4.23. The van der Waals surface area contributed by atoms with Crippen molar-refractivity contribution in [3.63, 3.8) is 0 Å². The van der Waals surface area contributed by atoms with Crippen molar-refractivity contribution in [2.24, 2.45) is 5.41 Å². The Labute approximate surface area is 205 Å². The van der Waals surface area contributed by atoms with E-state index in [1.165, 1.54) is 16.8 Å². The molecule has 0 saturated carbocycles. The van der Waals surface area contributed by atoms with Crippen LogP contribution >= 0.6 is 0 Å². The van der Waals surface area contributed by atoms with E-state index >= 15 is 0 Å². The summed E-state index contributed by atoms with van der Waals surface area (Å²) in [5.41, 5.74) is 4.68. The molecule has 5 rings (SSSR count). The number of rotatable bonds is 6. The highest BCUT2D eigenvalue weighted by Gasteiger charge is 2.33. The van der Waals surface area contributed by atoms with E-state index in [1.54, 1.807) is 12.1 Å². The van der Waals surface area contributed by atoms with Crippen molar-refractivity contribution in [3.8, 4) is 22.5 Å². The van der Waals surface area contributed by atoms with E-state index in [2.05, 4.69) is 76.3 Å². The quantitative estimate of drug-likeness (QED) is 0.200. The standard InChI is InChI=1S/C30H30N2O3/c1-29(2,3)18-30(4,5)31-28-23(17-16-19-10-6-7-15-24(19)32(33)34)26-21-13-8-11-20-12-9-14-22(25(20)21)27(26)35-28/h6-17,31H,18H2,1-5H3. The SMILES string of the molecule is CC(C)(C)CC(C)(C)Nc1oc2c(c1C=Cc1ccccc1[N+](=O)[O-])-c1cccc3cccc-2c13. The van der Waals surface area contributed by atoms with Gasteiger partial charge in [-0.25, -0.2) is 0 Å². The van der Waals surface area contributed by atoms with Crippen LogP contribution in [0.5, 0.6) is 0 Å². The summed E-state index contributed by atoms with van der Waals surface area (Å²) < 4.78 is 6.55. The molecule has 1 aliphatic rings. The molecule has 0 fully saturated rings. The van der Waals surface area contributed by atoms with Crippen molar-refractivity contribution in [3.05, 3.63) is 81.9 Å². The molecule has 1 N–H and O–H groups in total. The molecule has 35 heavy (non-hydrogen) atoms. The fraction of sp³-hybridized carbons (Fsp3) is 0.267. The number of nitro benzene ring substituents is 1. The second-order valence-electron chi connectivity index (χ2n) is 11.2. The van der Waals surface area contributed by atoms with Gasteiger partial charge in [0.05, 0.1) is 10.5 Å².